The van der Waals surface area contributed by atoms with Crippen LogP contribution in [-0.2, 0) is 10.2 Å². The highest BCUT2D eigenvalue weighted by molar-refractivity contribution is 7.91. The van der Waals surface area contributed by atoms with E-state index < -0.39 is 10.2 Å². The van der Waals surface area contributed by atoms with Gasteiger partial charge in [-0.05, 0) is 31.5 Å². The Hall–Kier alpha value is -1.11. The van der Waals surface area contributed by atoms with Crippen LogP contribution in [0.2, 0.25) is 0 Å². The minimum atomic E-state index is -3.44. The van der Waals surface area contributed by atoms with Gasteiger partial charge in [-0.15, -0.1) is 0 Å². The first-order valence-corrected chi connectivity index (χ1v) is 7.43. The molecule has 0 bridgehead atoms. The fraction of sp³-hybridized carbons (Fsp3) is 0.500. The SMILES string of the molecule is Cc1cccc(C)c1N1CC(CN)CNS1(=O)=O. The lowest BCUT2D eigenvalue weighted by molar-refractivity contribution is 0.486. The molecule has 0 aromatic heterocycles. The number of hydrogen-bond donors (Lipinski definition) is 2. The van der Waals surface area contributed by atoms with Crippen molar-refractivity contribution in [2.75, 3.05) is 23.9 Å². The quantitative estimate of drug-likeness (QED) is 0.822. The van der Waals surface area contributed by atoms with Crippen molar-refractivity contribution in [3.05, 3.63) is 29.3 Å². The van der Waals surface area contributed by atoms with Gasteiger partial charge >= 0.3 is 10.2 Å². The number of benzene rings is 1. The van der Waals surface area contributed by atoms with E-state index in [1.807, 2.05) is 32.0 Å². The van der Waals surface area contributed by atoms with Gasteiger partial charge in [-0.1, -0.05) is 18.2 Å². The predicted octanol–water partition coefficient (Wildman–Crippen LogP) is 0.533. The molecule has 0 saturated carbocycles. The lowest BCUT2D eigenvalue weighted by Crippen LogP contribution is -2.53. The Morgan fingerprint density at radius 1 is 1.39 bits per heavy atom. The molecule has 5 nitrogen and oxygen atoms in total. The molecule has 1 aliphatic heterocycles. The van der Waals surface area contributed by atoms with E-state index in [0.29, 0.717) is 19.6 Å². The lowest BCUT2D eigenvalue weighted by Gasteiger charge is -2.35. The van der Waals surface area contributed by atoms with Crippen LogP contribution in [0.1, 0.15) is 11.1 Å². The van der Waals surface area contributed by atoms with Crippen molar-refractivity contribution in [3.63, 3.8) is 0 Å². The molecular weight excluding hydrogens is 250 g/mol. The minimum Gasteiger partial charge on any atom is -0.330 e. The number of nitrogens with two attached hydrogens (primary N) is 1. The first kappa shape index (κ1) is 13.3. The van der Waals surface area contributed by atoms with Crippen LogP contribution in [0, 0.1) is 19.8 Å². The molecule has 0 spiro atoms. The molecule has 1 aliphatic rings. The normalized spacial score (nSPS) is 23.1. The number of hydrogen-bond acceptors (Lipinski definition) is 3. The van der Waals surface area contributed by atoms with Gasteiger partial charge in [0, 0.05) is 19.0 Å². The second-order valence-electron chi connectivity index (χ2n) is 4.73. The highest BCUT2D eigenvalue weighted by atomic mass is 32.2. The maximum Gasteiger partial charge on any atom is 0.301 e. The number of nitrogens with one attached hydrogen (secondary N) is 1. The van der Waals surface area contributed by atoms with E-state index in [1.165, 1.54) is 4.31 Å². The monoisotopic (exact) mass is 269 g/mol. The molecule has 1 atom stereocenters. The number of nitrogens with zero attached hydrogens (tertiary/aromatic N) is 1. The Morgan fingerprint density at radius 3 is 2.56 bits per heavy atom. The molecule has 1 saturated heterocycles. The number of anilines is 1. The zero-order valence-electron chi connectivity index (χ0n) is 10.7. The average Bonchev–Trinajstić information content (AvgIpc) is 2.31. The third-order valence-electron chi connectivity index (χ3n) is 3.29. The van der Waals surface area contributed by atoms with Gasteiger partial charge in [-0.3, -0.25) is 4.31 Å². The molecular formula is C12H19N3O2S. The largest absolute Gasteiger partial charge is 0.330 e. The lowest BCUT2D eigenvalue weighted by atomic mass is 10.1. The van der Waals surface area contributed by atoms with Crippen LogP contribution in [-0.4, -0.2) is 28.1 Å². The summed E-state index contributed by atoms with van der Waals surface area (Å²) in [6.45, 7) is 5.18. The maximum atomic E-state index is 12.1. The topological polar surface area (TPSA) is 75.4 Å². The third-order valence-corrected chi connectivity index (χ3v) is 4.73. The highest BCUT2D eigenvalue weighted by Crippen LogP contribution is 2.28. The molecule has 1 aromatic carbocycles. The first-order valence-electron chi connectivity index (χ1n) is 5.99. The molecule has 1 fully saturated rings. The van der Waals surface area contributed by atoms with Crippen molar-refractivity contribution >= 4 is 15.9 Å². The van der Waals surface area contributed by atoms with Crippen LogP contribution in [0.3, 0.4) is 0 Å². The molecule has 3 N–H and O–H groups in total. The zero-order chi connectivity index (χ0) is 13.3. The van der Waals surface area contributed by atoms with Crippen LogP contribution in [0.5, 0.6) is 0 Å². The summed E-state index contributed by atoms with van der Waals surface area (Å²) >= 11 is 0. The molecule has 1 heterocycles. The van der Waals surface area contributed by atoms with Crippen molar-refractivity contribution in [2.45, 2.75) is 13.8 Å². The summed E-state index contributed by atoms with van der Waals surface area (Å²) in [7, 11) is -3.44. The van der Waals surface area contributed by atoms with Gasteiger partial charge < -0.3 is 5.73 Å². The van der Waals surface area contributed by atoms with Gasteiger partial charge in [-0.25, -0.2) is 0 Å². The standard InChI is InChI=1S/C12H19N3O2S/c1-9-4-3-5-10(2)12(9)15-8-11(6-13)7-14-18(15,16)17/h3-5,11,14H,6-8,13H2,1-2H3. The Bertz CT molecular complexity index is 522. The molecule has 100 valence electrons. The van der Waals surface area contributed by atoms with Crippen molar-refractivity contribution in [1.29, 1.82) is 0 Å². The van der Waals surface area contributed by atoms with Gasteiger partial charge in [0.15, 0.2) is 0 Å². The van der Waals surface area contributed by atoms with Crippen molar-refractivity contribution in [2.24, 2.45) is 11.7 Å². The van der Waals surface area contributed by atoms with E-state index >= 15 is 0 Å². The van der Waals surface area contributed by atoms with E-state index in [0.717, 1.165) is 16.8 Å². The predicted molar refractivity (Wildman–Crippen MR) is 72.7 cm³/mol. The summed E-state index contributed by atoms with van der Waals surface area (Å²) in [5.41, 5.74) is 8.33. The molecule has 6 heteroatoms. The highest BCUT2D eigenvalue weighted by Gasteiger charge is 2.32. The summed E-state index contributed by atoms with van der Waals surface area (Å²) in [6, 6.07) is 5.77. The van der Waals surface area contributed by atoms with Crippen molar-refractivity contribution in [1.82, 2.24) is 4.72 Å². The smallest absolute Gasteiger partial charge is 0.301 e. The van der Waals surface area contributed by atoms with Crippen LogP contribution in [0.4, 0.5) is 5.69 Å². The zero-order valence-corrected chi connectivity index (χ0v) is 11.5. The van der Waals surface area contributed by atoms with Crippen LogP contribution in [0.25, 0.3) is 0 Å². The summed E-state index contributed by atoms with van der Waals surface area (Å²) < 4.78 is 28.3. The number of rotatable bonds is 2. The van der Waals surface area contributed by atoms with E-state index in [4.69, 9.17) is 5.73 Å². The van der Waals surface area contributed by atoms with Crippen LogP contribution >= 0.6 is 0 Å². The van der Waals surface area contributed by atoms with Crippen LogP contribution < -0.4 is 14.8 Å². The molecule has 2 rings (SSSR count). The van der Waals surface area contributed by atoms with E-state index in [-0.39, 0.29) is 5.92 Å². The van der Waals surface area contributed by atoms with Crippen molar-refractivity contribution in [3.8, 4) is 0 Å². The fourth-order valence-corrected chi connectivity index (χ4v) is 3.80. The van der Waals surface area contributed by atoms with E-state index in [2.05, 4.69) is 4.72 Å². The third kappa shape index (κ3) is 2.36. The van der Waals surface area contributed by atoms with Gasteiger partial charge in [0.2, 0.25) is 0 Å². The summed E-state index contributed by atoms with van der Waals surface area (Å²) in [4.78, 5) is 0. The summed E-state index contributed by atoms with van der Waals surface area (Å²) in [6.07, 6.45) is 0. The maximum absolute atomic E-state index is 12.1. The number of aryl methyl sites for hydroxylation is 2. The molecule has 0 aliphatic carbocycles. The molecule has 1 unspecified atom stereocenters. The van der Waals surface area contributed by atoms with Gasteiger partial charge in [0.25, 0.3) is 0 Å². The first-order chi connectivity index (χ1) is 8.45. The fourth-order valence-electron chi connectivity index (χ4n) is 2.27. The Morgan fingerprint density at radius 2 is 2.00 bits per heavy atom. The Balaban J connectivity index is 2.46. The molecule has 18 heavy (non-hydrogen) atoms. The second-order valence-corrected chi connectivity index (χ2v) is 6.41. The summed E-state index contributed by atoms with van der Waals surface area (Å²) in [5.74, 6) is 0.146. The minimum absolute atomic E-state index is 0.146. The summed E-state index contributed by atoms with van der Waals surface area (Å²) in [5, 5.41) is 0. The van der Waals surface area contributed by atoms with E-state index in [1.54, 1.807) is 0 Å². The van der Waals surface area contributed by atoms with E-state index in [9.17, 15) is 8.42 Å². The molecule has 0 radical (unpaired) electrons. The van der Waals surface area contributed by atoms with Crippen LogP contribution in [0.15, 0.2) is 18.2 Å². The molecule has 0 amide bonds. The van der Waals surface area contributed by atoms with Gasteiger partial charge in [-0.2, -0.15) is 13.1 Å². The Labute approximate surface area is 108 Å². The molecule has 1 aromatic rings. The van der Waals surface area contributed by atoms with Gasteiger partial charge in [0.05, 0.1) is 5.69 Å². The second kappa shape index (κ2) is 4.87. The average molecular weight is 269 g/mol. The Kier molecular flexibility index (Phi) is 3.61. The van der Waals surface area contributed by atoms with Gasteiger partial charge in [0.1, 0.15) is 0 Å². The van der Waals surface area contributed by atoms with Crippen molar-refractivity contribution < 1.29 is 8.42 Å². The number of para-hydroxylation sites is 1.